The molecule has 2 N–H and O–H groups in total. The third-order valence-corrected chi connectivity index (χ3v) is 3.45. The van der Waals surface area contributed by atoms with E-state index in [9.17, 15) is 9.59 Å². The highest BCUT2D eigenvalue weighted by molar-refractivity contribution is 5.81. The molecule has 0 aliphatic heterocycles. The molecule has 0 aromatic heterocycles. The lowest BCUT2D eigenvalue weighted by Gasteiger charge is -2.19. The van der Waals surface area contributed by atoms with Gasteiger partial charge in [-0.2, -0.15) is 0 Å². The SMILES string of the molecule is C[C@H](NC(=O)CN(C)CC(=O)NC1CC1)c1ccccc1. The van der Waals surface area contributed by atoms with E-state index in [0.29, 0.717) is 6.04 Å². The smallest absolute Gasteiger partial charge is 0.234 e. The van der Waals surface area contributed by atoms with Gasteiger partial charge in [0, 0.05) is 6.04 Å². The molecule has 0 spiro atoms. The first-order valence-corrected chi connectivity index (χ1v) is 7.37. The Morgan fingerprint density at radius 1 is 1.19 bits per heavy atom. The van der Waals surface area contributed by atoms with Crippen molar-refractivity contribution in [2.75, 3.05) is 20.1 Å². The van der Waals surface area contributed by atoms with E-state index in [1.165, 1.54) is 0 Å². The van der Waals surface area contributed by atoms with E-state index in [2.05, 4.69) is 10.6 Å². The number of nitrogens with one attached hydrogen (secondary N) is 2. The van der Waals surface area contributed by atoms with Crippen LogP contribution in [0.15, 0.2) is 30.3 Å². The summed E-state index contributed by atoms with van der Waals surface area (Å²) in [5.74, 6) is -0.0861. The van der Waals surface area contributed by atoms with E-state index < -0.39 is 0 Å². The number of hydrogen-bond acceptors (Lipinski definition) is 3. The van der Waals surface area contributed by atoms with Crippen LogP contribution in [0.4, 0.5) is 0 Å². The summed E-state index contributed by atoms with van der Waals surface area (Å²) >= 11 is 0. The Morgan fingerprint density at radius 2 is 1.81 bits per heavy atom. The van der Waals surface area contributed by atoms with Crippen molar-refractivity contribution in [2.24, 2.45) is 0 Å². The molecule has 2 rings (SSSR count). The Balaban J connectivity index is 1.71. The minimum Gasteiger partial charge on any atom is -0.352 e. The minimum atomic E-state index is -0.0759. The van der Waals surface area contributed by atoms with Gasteiger partial charge in [0.15, 0.2) is 0 Å². The van der Waals surface area contributed by atoms with Crippen molar-refractivity contribution in [3.63, 3.8) is 0 Å². The van der Waals surface area contributed by atoms with Crippen LogP contribution in [0, 0.1) is 0 Å². The molecule has 0 unspecified atom stereocenters. The fourth-order valence-electron chi connectivity index (χ4n) is 2.16. The maximum atomic E-state index is 12.0. The first-order chi connectivity index (χ1) is 10.0. The molecule has 2 amide bonds. The number of carbonyl (C=O) groups is 2. The topological polar surface area (TPSA) is 61.4 Å². The second-order valence-corrected chi connectivity index (χ2v) is 5.71. The number of carbonyl (C=O) groups excluding carboxylic acids is 2. The third kappa shape index (κ3) is 5.55. The Labute approximate surface area is 125 Å². The molecule has 1 fully saturated rings. The summed E-state index contributed by atoms with van der Waals surface area (Å²) in [4.78, 5) is 25.3. The number of nitrogens with zero attached hydrogens (tertiary/aromatic N) is 1. The van der Waals surface area contributed by atoms with Crippen LogP contribution in [0.3, 0.4) is 0 Å². The fourth-order valence-corrected chi connectivity index (χ4v) is 2.16. The lowest BCUT2D eigenvalue weighted by Crippen LogP contribution is -2.41. The van der Waals surface area contributed by atoms with Crippen LogP contribution >= 0.6 is 0 Å². The maximum absolute atomic E-state index is 12.0. The van der Waals surface area contributed by atoms with Gasteiger partial charge in [-0.25, -0.2) is 0 Å². The molecule has 5 nitrogen and oxygen atoms in total. The van der Waals surface area contributed by atoms with E-state index in [0.717, 1.165) is 18.4 Å². The van der Waals surface area contributed by atoms with E-state index in [1.807, 2.05) is 37.3 Å². The average Bonchev–Trinajstić information content (AvgIpc) is 3.22. The summed E-state index contributed by atoms with van der Waals surface area (Å²) in [6, 6.07) is 10.1. The first kappa shape index (κ1) is 15.5. The molecule has 1 saturated carbocycles. The van der Waals surface area contributed by atoms with Crippen LogP contribution < -0.4 is 10.6 Å². The monoisotopic (exact) mass is 289 g/mol. The van der Waals surface area contributed by atoms with E-state index in [1.54, 1.807) is 11.9 Å². The number of amides is 2. The van der Waals surface area contributed by atoms with Crippen molar-refractivity contribution >= 4 is 11.8 Å². The second-order valence-electron chi connectivity index (χ2n) is 5.71. The molecule has 5 heteroatoms. The van der Waals surface area contributed by atoms with Crippen LogP contribution in [-0.2, 0) is 9.59 Å². The van der Waals surface area contributed by atoms with Gasteiger partial charge in [-0.1, -0.05) is 30.3 Å². The Kier molecular flexibility index (Phi) is 5.33. The highest BCUT2D eigenvalue weighted by atomic mass is 16.2. The van der Waals surface area contributed by atoms with Gasteiger partial charge >= 0.3 is 0 Å². The summed E-state index contributed by atoms with van der Waals surface area (Å²) < 4.78 is 0. The zero-order valence-corrected chi connectivity index (χ0v) is 12.6. The molecule has 114 valence electrons. The normalized spacial score (nSPS) is 15.6. The summed E-state index contributed by atoms with van der Waals surface area (Å²) in [6.45, 7) is 2.42. The van der Waals surface area contributed by atoms with Gasteiger partial charge in [0.05, 0.1) is 19.1 Å². The highest BCUT2D eigenvalue weighted by Gasteiger charge is 2.23. The van der Waals surface area contributed by atoms with Crippen molar-refractivity contribution in [3.8, 4) is 0 Å². The number of benzene rings is 1. The molecule has 1 aliphatic carbocycles. The maximum Gasteiger partial charge on any atom is 0.234 e. The molecule has 1 atom stereocenters. The molecule has 0 bridgehead atoms. The second kappa shape index (κ2) is 7.22. The highest BCUT2D eigenvalue weighted by Crippen LogP contribution is 2.18. The first-order valence-electron chi connectivity index (χ1n) is 7.37. The molecule has 1 aromatic carbocycles. The van der Waals surface area contributed by atoms with Crippen LogP contribution in [-0.4, -0.2) is 42.9 Å². The summed E-state index contributed by atoms with van der Waals surface area (Å²) in [6.07, 6.45) is 2.15. The van der Waals surface area contributed by atoms with E-state index in [-0.39, 0.29) is 30.9 Å². The van der Waals surface area contributed by atoms with Gasteiger partial charge in [-0.3, -0.25) is 14.5 Å². The van der Waals surface area contributed by atoms with Crippen molar-refractivity contribution in [1.29, 1.82) is 0 Å². The lowest BCUT2D eigenvalue weighted by atomic mass is 10.1. The van der Waals surface area contributed by atoms with E-state index in [4.69, 9.17) is 0 Å². The molecule has 21 heavy (non-hydrogen) atoms. The van der Waals surface area contributed by atoms with Gasteiger partial charge in [0.2, 0.25) is 11.8 Å². The van der Waals surface area contributed by atoms with Gasteiger partial charge < -0.3 is 10.6 Å². The van der Waals surface area contributed by atoms with Crippen molar-refractivity contribution in [1.82, 2.24) is 15.5 Å². The third-order valence-electron chi connectivity index (χ3n) is 3.45. The van der Waals surface area contributed by atoms with Crippen LogP contribution in [0.2, 0.25) is 0 Å². The predicted molar refractivity (Wildman–Crippen MR) is 81.7 cm³/mol. The van der Waals surface area contributed by atoms with Gasteiger partial charge in [-0.05, 0) is 32.4 Å². The molecular weight excluding hydrogens is 266 g/mol. The Hall–Kier alpha value is -1.88. The van der Waals surface area contributed by atoms with Gasteiger partial charge in [0.25, 0.3) is 0 Å². The molecule has 0 radical (unpaired) electrons. The molecular formula is C16H23N3O2. The Bertz CT molecular complexity index is 486. The van der Waals surface area contributed by atoms with Crippen LogP contribution in [0.25, 0.3) is 0 Å². The number of rotatable bonds is 7. The van der Waals surface area contributed by atoms with Crippen LogP contribution in [0.1, 0.15) is 31.4 Å². The molecule has 0 saturated heterocycles. The number of likely N-dealkylation sites (N-methyl/N-ethyl adjacent to an activating group) is 1. The average molecular weight is 289 g/mol. The standard InChI is InChI=1S/C16H23N3O2/c1-12(13-6-4-3-5-7-13)17-15(20)10-19(2)11-16(21)18-14-8-9-14/h3-7,12,14H,8-11H2,1-2H3,(H,17,20)(H,18,21)/t12-/m0/s1. The fraction of sp³-hybridized carbons (Fsp3) is 0.500. The molecule has 1 aromatic rings. The summed E-state index contributed by atoms with van der Waals surface area (Å²) in [7, 11) is 1.78. The van der Waals surface area contributed by atoms with Gasteiger partial charge in [-0.15, -0.1) is 0 Å². The molecule has 0 heterocycles. The van der Waals surface area contributed by atoms with Crippen molar-refractivity contribution in [3.05, 3.63) is 35.9 Å². The summed E-state index contributed by atoms with van der Waals surface area (Å²) in [5.41, 5.74) is 1.07. The van der Waals surface area contributed by atoms with Crippen molar-refractivity contribution in [2.45, 2.75) is 31.8 Å². The lowest BCUT2D eigenvalue weighted by molar-refractivity contribution is -0.125. The molecule has 1 aliphatic rings. The van der Waals surface area contributed by atoms with Crippen molar-refractivity contribution < 1.29 is 9.59 Å². The van der Waals surface area contributed by atoms with E-state index >= 15 is 0 Å². The van der Waals surface area contributed by atoms with Gasteiger partial charge in [0.1, 0.15) is 0 Å². The zero-order chi connectivity index (χ0) is 15.2. The zero-order valence-electron chi connectivity index (χ0n) is 12.6. The summed E-state index contributed by atoms with van der Waals surface area (Å²) in [5, 5.41) is 5.85. The minimum absolute atomic E-state index is 0.0103. The predicted octanol–water partition coefficient (Wildman–Crippen LogP) is 1.07. The number of hydrogen-bond donors (Lipinski definition) is 2. The largest absolute Gasteiger partial charge is 0.352 e. The van der Waals surface area contributed by atoms with Crippen LogP contribution in [0.5, 0.6) is 0 Å². The Morgan fingerprint density at radius 3 is 2.43 bits per heavy atom. The quantitative estimate of drug-likeness (QED) is 0.789.